The van der Waals surface area contributed by atoms with Gasteiger partial charge in [0.2, 0.25) is 11.8 Å². The van der Waals surface area contributed by atoms with Gasteiger partial charge in [0, 0.05) is 25.6 Å². The van der Waals surface area contributed by atoms with E-state index in [1.54, 1.807) is 23.1 Å². The lowest BCUT2D eigenvalue weighted by Crippen LogP contribution is -2.36. The van der Waals surface area contributed by atoms with Crippen LogP contribution < -0.4 is 5.32 Å². The van der Waals surface area contributed by atoms with E-state index in [0.717, 1.165) is 0 Å². The zero-order valence-corrected chi connectivity index (χ0v) is 12.4. The molecule has 114 valence electrons. The number of benzene rings is 1. The highest BCUT2D eigenvalue weighted by Crippen LogP contribution is 2.20. The molecule has 1 saturated heterocycles. The molecule has 0 saturated carbocycles. The van der Waals surface area contributed by atoms with Gasteiger partial charge in [0.25, 0.3) is 0 Å². The van der Waals surface area contributed by atoms with E-state index in [1.807, 2.05) is 13.8 Å². The summed E-state index contributed by atoms with van der Waals surface area (Å²) >= 11 is 0. The van der Waals surface area contributed by atoms with Crippen molar-refractivity contribution in [2.75, 3.05) is 13.1 Å². The quantitative estimate of drug-likeness (QED) is 0.898. The van der Waals surface area contributed by atoms with Crippen LogP contribution in [-0.4, -0.2) is 35.8 Å². The number of halogens is 1. The second-order valence-electron chi connectivity index (χ2n) is 5.67. The van der Waals surface area contributed by atoms with Crippen molar-refractivity contribution >= 4 is 11.8 Å². The molecule has 1 N–H and O–H groups in total. The molecule has 1 aliphatic heterocycles. The topological polar surface area (TPSA) is 49.4 Å². The fourth-order valence-electron chi connectivity index (χ4n) is 2.57. The third kappa shape index (κ3) is 3.80. The number of rotatable bonds is 5. The molecule has 0 spiro atoms. The molecular weight excluding hydrogens is 271 g/mol. The number of likely N-dealkylation sites (tertiary alicyclic amines) is 1. The van der Waals surface area contributed by atoms with Gasteiger partial charge >= 0.3 is 0 Å². The van der Waals surface area contributed by atoms with Crippen LogP contribution in [0.1, 0.15) is 25.8 Å². The Kier molecular flexibility index (Phi) is 4.94. The van der Waals surface area contributed by atoms with E-state index in [1.165, 1.54) is 6.07 Å². The van der Waals surface area contributed by atoms with Crippen LogP contribution >= 0.6 is 0 Å². The van der Waals surface area contributed by atoms with Crippen molar-refractivity contribution in [3.05, 3.63) is 35.6 Å². The Labute approximate surface area is 124 Å². The average molecular weight is 292 g/mol. The average Bonchev–Trinajstić information content (AvgIpc) is 2.83. The first-order valence-corrected chi connectivity index (χ1v) is 7.29. The fourth-order valence-corrected chi connectivity index (χ4v) is 2.57. The van der Waals surface area contributed by atoms with E-state index >= 15 is 0 Å². The summed E-state index contributed by atoms with van der Waals surface area (Å²) in [5.74, 6) is -0.642. The summed E-state index contributed by atoms with van der Waals surface area (Å²) in [6.07, 6.45) is 0.719. The number of carbonyl (C=O) groups is 2. The monoisotopic (exact) mass is 292 g/mol. The van der Waals surface area contributed by atoms with E-state index in [2.05, 4.69) is 5.32 Å². The van der Waals surface area contributed by atoms with E-state index in [4.69, 9.17) is 0 Å². The first-order chi connectivity index (χ1) is 9.99. The van der Waals surface area contributed by atoms with Crippen LogP contribution in [0.5, 0.6) is 0 Å². The summed E-state index contributed by atoms with van der Waals surface area (Å²) in [7, 11) is 0. The van der Waals surface area contributed by atoms with Crippen LogP contribution in [0.3, 0.4) is 0 Å². The van der Waals surface area contributed by atoms with Crippen molar-refractivity contribution in [1.29, 1.82) is 0 Å². The highest BCUT2D eigenvalue weighted by Gasteiger charge is 2.35. The Morgan fingerprint density at radius 3 is 2.76 bits per heavy atom. The fraction of sp³-hybridized carbons (Fsp3) is 0.500. The summed E-state index contributed by atoms with van der Waals surface area (Å²) in [5, 5.41) is 2.80. The summed E-state index contributed by atoms with van der Waals surface area (Å²) < 4.78 is 13.4. The van der Waals surface area contributed by atoms with Crippen LogP contribution in [0.4, 0.5) is 4.39 Å². The molecule has 5 heteroatoms. The highest BCUT2D eigenvalue weighted by molar-refractivity contribution is 5.89. The first-order valence-electron chi connectivity index (χ1n) is 7.29. The summed E-state index contributed by atoms with van der Waals surface area (Å²) in [6.45, 7) is 4.74. The molecule has 1 atom stereocenters. The smallest absolute Gasteiger partial charge is 0.225 e. The molecule has 1 fully saturated rings. The molecule has 21 heavy (non-hydrogen) atoms. The molecule has 4 nitrogen and oxygen atoms in total. The predicted octanol–water partition coefficient (Wildman–Crippen LogP) is 1.74. The van der Waals surface area contributed by atoms with Crippen molar-refractivity contribution in [2.45, 2.75) is 32.7 Å². The van der Waals surface area contributed by atoms with Gasteiger partial charge in [-0.1, -0.05) is 18.2 Å². The van der Waals surface area contributed by atoms with Gasteiger partial charge in [-0.15, -0.1) is 0 Å². The Bertz CT molecular complexity index is 531. The van der Waals surface area contributed by atoms with Crippen molar-refractivity contribution in [1.82, 2.24) is 10.2 Å². The summed E-state index contributed by atoms with van der Waals surface area (Å²) in [5.41, 5.74) is 0.587. The molecule has 0 radical (unpaired) electrons. The maximum absolute atomic E-state index is 13.4. The maximum Gasteiger partial charge on any atom is 0.225 e. The van der Waals surface area contributed by atoms with Crippen LogP contribution in [-0.2, 0) is 16.0 Å². The second-order valence-corrected chi connectivity index (χ2v) is 5.67. The predicted molar refractivity (Wildman–Crippen MR) is 78.1 cm³/mol. The number of nitrogens with one attached hydrogen (secondary N) is 1. The summed E-state index contributed by atoms with van der Waals surface area (Å²) in [6, 6.07) is 6.65. The molecule has 1 heterocycles. The standard InChI is InChI=1S/C16H21FN2O2/c1-11(2)19-10-13(9-15(19)20)16(21)18-8-7-12-5-3-4-6-14(12)17/h3-6,11,13H,7-10H2,1-2H3,(H,18,21)/t13-/m0/s1. The van der Waals surface area contributed by atoms with Gasteiger partial charge in [-0.25, -0.2) is 4.39 Å². The number of hydrogen-bond acceptors (Lipinski definition) is 2. The lowest BCUT2D eigenvalue weighted by Gasteiger charge is -2.20. The van der Waals surface area contributed by atoms with E-state index in [-0.39, 0.29) is 36.0 Å². The Hall–Kier alpha value is -1.91. The Balaban J connectivity index is 1.81. The Morgan fingerprint density at radius 2 is 2.14 bits per heavy atom. The minimum atomic E-state index is -0.291. The largest absolute Gasteiger partial charge is 0.355 e. The van der Waals surface area contributed by atoms with Crippen molar-refractivity contribution < 1.29 is 14.0 Å². The molecule has 0 aliphatic carbocycles. The molecule has 1 aliphatic rings. The highest BCUT2D eigenvalue weighted by atomic mass is 19.1. The van der Waals surface area contributed by atoms with E-state index < -0.39 is 0 Å². The van der Waals surface area contributed by atoms with Crippen molar-refractivity contribution in [2.24, 2.45) is 5.92 Å². The zero-order valence-electron chi connectivity index (χ0n) is 12.4. The molecule has 2 rings (SSSR count). The minimum absolute atomic E-state index is 0.0271. The van der Waals surface area contributed by atoms with Crippen molar-refractivity contribution in [3.8, 4) is 0 Å². The third-order valence-corrected chi connectivity index (χ3v) is 3.80. The SMILES string of the molecule is CC(C)N1C[C@@H](C(=O)NCCc2ccccc2F)CC1=O. The number of hydrogen-bond donors (Lipinski definition) is 1. The van der Waals surface area contributed by atoms with Crippen molar-refractivity contribution in [3.63, 3.8) is 0 Å². The molecular formula is C16H21FN2O2. The third-order valence-electron chi connectivity index (χ3n) is 3.80. The van der Waals surface area contributed by atoms with Gasteiger partial charge in [-0.2, -0.15) is 0 Å². The van der Waals surface area contributed by atoms with Crippen LogP contribution in [0.2, 0.25) is 0 Å². The molecule has 1 aromatic carbocycles. The van der Waals surface area contributed by atoms with Gasteiger partial charge in [-0.05, 0) is 31.9 Å². The van der Waals surface area contributed by atoms with E-state index in [9.17, 15) is 14.0 Å². The molecule has 0 bridgehead atoms. The molecule has 1 aromatic rings. The van der Waals surface area contributed by atoms with Gasteiger partial charge in [0.15, 0.2) is 0 Å². The first kappa shape index (κ1) is 15.5. The van der Waals surface area contributed by atoms with Crippen LogP contribution in [0, 0.1) is 11.7 Å². The number of amides is 2. The molecule has 2 amide bonds. The lowest BCUT2D eigenvalue weighted by atomic mass is 10.1. The maximum atomic E-state index is 13.4. The zero-order chi connectivity index (χ0) is 15.4. The van der Waals surface area contributed by atoms with Crippen LogP contribution in [0.25, 0.3) is 0 Å². The lowest BCUT2D eigenvalue weighted by molar-refractivity contribution is -0.129. The summed E-state index contributed by atoms with van der Waals surface area (Å²) in [4.78, 5) is 25.5. The van der Waals surface area contributed by atoms with Gasteiger partial charge in [-0.3, -0.25) is 9.59 Å². The van der Waals surface area contributed by atoms with Gasteiger partial charge in [0.1, 0.15) is 5.82 Å². The van der Waals surface area contributed by atoms with Gasteiger partial charge < -0.3 is 10.2 Å². The molecule has 0 unspecified atom stereocenters. The minimum Gasteiger partial charge on any atom is -0.355 e. The normalized spacial score (nSPS) is 18.4. The van der Waals surface area contributed by atoms with Crippen LogP contribution in [0.15, 0.2) is 24.3 Å². The molecule has 0 aromatic heterocycles. The number of nitrogens with zero attached hydrogens (tertiary/aromatic N) is 1. The van der Waals surface area contributed by atoms with E-state index in [0.29, 0.717) is 25.1 Å². The Morgan fingerprint density at radius 1 is 1.43 bits per heavy atom. The number of carbonyl (C=O) groups excluding carboxylic acids is 2. The van der Waals surface area contributed by atoms with Gasteiger partial charge in [0.05, 0.1) is 5.92 Å². The second kappa shape index (κ2) is 6.70.